The lowest BCUT2D eigenvalue weighted by Gasteiger charge is -2.20. The maximum Gasteiger partial charge on any atom is 0.0555 e. The fourth-order valence-electron chi connectivity index (χ4n) is 0.718. The molecule has 0 atom stereocenters. The van der Waals surface area contributed by atoms with Crippen molar-refractivity contribution in [3.8, 4) is 0 Å². The van der Waals surface area contributed by atoms with E-state index in [1.54, 1.807) is 0 Å². The average molecular weight is 160 g/mol. The lowest BCUT2D eigenvalue weighted by molar-refractivity contribution is 0.260. The minimum Gasteiger partial charge on any atom is -0.395 e. The van der Waals surface area contributed by atoms with Crippen molar-refractivity contribution in [2.45, 2.75) is 19.9 Å². The van der Waals surface area contributed by atoms with Gasteiger partial charge in [0.15, 0.2) is 0 Å². The molecule has 0 fully saturated rings. The van der Waals surface area contributed by atoms with E-state index >= 15 is 0 Å². The highest BCUT2D eigenvalue weighted by Gasteiger charge is 2.00. The van der Waals surface area contributed by atoms with Gasteiger partial charge in [0.25, 0.3) is 0 Å². The van der Waals surface area contributed by atoms with Crippen LogP contribution >= 0.6 is 0 Å². The monoisotopic (exact) mass is 160 g/mol. The summed E-state index contributed by atoms with van der Waals surface area (Å²) in [6.07, 6.45) is 0. The van der Waals surface area contributed by atoms with Crippen LogP contribution in [0.25, 0.3) is 0 Å². The lowest BCUT2D eigenvalue weighted by atomic mass is 10.3. The van der Waals surface area contributed by atoms with E-state index < -0.39 is 0 Å². The number of rotatable bonds is 6. The number of likely N-dealkylation sites (N-methyl/N-ethyl adjacent to an activating group) is 1. The van der Waals surface area contributed by atoms with Gasteiger partial charge in [-0.1, -0.05) is 0 Å². The average Bonchev–Trinajstić information content (AvgIpc) is 1.97. The first-order valence-electron chi connectivity index (χ1n) is 4.20. The van der Waals surface area contributed by atoms with Crippen molar-refractivity contribution in [3.05, 3.63) is 0 Å². The summed E-state index contributed by atoms with van der Waals surface area (Å²) >= 11 is 0. The Labute approximate surface area is 69.4 Å². The molecule has 0 aliphatic rings. The molecular weight excluding hydrogens is 140 g/mol. The third kappa shape index (κ3) is 6.28. The van der Waals surface area contributed by atoms with Crippen molar-refractivity contribution in [1.82, 2.24) is 10.2 Å². The molecule has 0 spiro atoms. The quantitative estimate of drug-likeness (QED) is 0.533. The predicted molar refractivity (Wildman–Crippen MR) is 47.7 cm³/mol. The van der Waals surface area contributed by atoms with E-state index in [0.717, 1.165) is 13.1 Å². The van der Waals surface area contributed by atoms with Crippen molar-refractivity contribution in [2.75, 3.05) is 33.3 Å². The molecule has 68 valence electrons. The van der Waals surface area contributed by atoms with Gasteiger partial charge in [0.05, 0.1) is 6.61 Å². The fourth-order valence-corrected chi connectivity index (χ4v) is 0.718. The molecule has 0 heterocycles. The van der Waals surface area contributed by atoms with Crippen molar-refractivity contribution >= 4 is 0 Å². The van der Waals surface area contributed by atoms with Crippen molar-refractivity contribution in [2.24, 2.45) is 0 Å². The number of aliphatic hydroxyl groups is 1. The summed E-state index contributed by atoms with van der Waals surface area (Å²) in [5, 5.41) is 11.6. The topological polar surface area (TPSA) is 35.5 Å². The molecule has 0 bridgehead atoms. The standard InChI is InChI=1S/C8H20N2O/c1-8(2)10(3)6-4-9-5-7-11/h8-9,11H,4-7H2,1-3H3. The molecule has 0 saturated carbocycles. The number of hydrogen-bond acceptors (Lipinski definition) is 3. The van der Waals surface area contributed by atoms with Crippen LogP contribution in [0.4, 0.5) is 0 Å². The zero-order valence-corrected chi connectivity index (χ0v) is 7.80. The molecule has 11 heavy (non-hydrogen) atoms. The third-order valence-electron chi connectivity index (χ3n) is 1.81. The minimum absolute atomic E-state index is 0.228. The molecule has 0 aliphatic heterocycles. The van der Waals surface area contributed by atoms with Gasteiger partial charge in [-0.15, -0.1) is 0 Å². The number of nitrogens with zero attached hydrogens (tertiary/aromatic N) is 1. The first-order valence-corrected chi connectivity index (χ1v) is 4.20. The van der Waals surface area contributed by atoms with Crippen LogP contribution in [0.3, 0.4) is 0 Å². The van der Waals surface area contributed by atoms with Crippen LogP contribution in [-0.4, -0.2) is 49.3 Å². The van der Waals surface area contributed by atoms with Gasteiger partial charge in [0.2, 0.25) is 0 Å². The molecule has 0 rings (SSSR count). The molecule has 0 radical (unpaired) electrons. The molecule has 3 nitrogen and oxygen atoms in total. The highest BCUT2D eigenvalue weighted by atomic mass is 16.3. The van der Waals surface area contributed by atoms with E-state index in [1.807, 2.05) is 0 Å². The van der Waals surface area contributed by atoms with Crippen LogP contribution in [0.1, 0.15) is 13.8 Å². The zero-order chi connectivity index (χ0) is 8.69. The Bertz CT molecular complexity index is 86.2. The SMILES string of the molecule is CC(C)N(C)CCNCCO. The third-order valence-corrected chi connectivity index (χ3v) is 1.81. The van der Waals surface area contributed by atoms with Gasteiger partial charge >= 0.3 is 0 Å². The van der Waals surface area contributed by atoms with Crippen molar-refractivity contribution in [1.29, 1.82) is 0 Å². The van der Waals surface area contributed by atoms with Gasteiger partial charge in [-0.05, 0) is 20.9 Å². The normalized spacial score (nSPS) is 11.5. The second-order valence-electron chi connectivity index (χ2n) is 3.05. The Balaban J connectivity index is 3.10. The first kappa shape index (κ1) is 10.9. The van der Waals surface area contributed by atoms with Gasteiger partial charge in [0.1, 0.15) is 0 Å². The Morgan fingerprint density at radius 1 is 1.36 bits per heavy atom. The molecule has 3 heteroatoms. The summed E-state index contributed by atoms with van der Waals surface area (Å²) < 4.78 is 0. The van der Waals surface area contributed by atoms with Crippen molar-refractivity contribution < 1.29 is 5.11 Å². The Morgan fingerprint density at radius 2 is 2.00 bits per heavy atom. The van der Waals surface area contributed by atoms with Crippen LogP contribution in [0, 0.1) is 0 Å². The summed E-state index contributed by atoms with van der Waals surface area (Å²) in [7, 11) is 2.10. The van der Waals surface area contributed by atoms with Gasteiger partial charge in [-0.3, -0.25) is 0 Å². The van der Waals surface area contributed by atoms with E-state index in [9.17, 15) is 0 Å². The molecular formula is C8H20N2O. The smallest absolute Gasteiger partial charge is 0.0555 e. The van der Waals surface area contributed by atoms with Crippen LogP contribution in [0.15, 0.2) is 0 Å². The summed E-state index contributed by atoms with van der Waals surface area (Å²) in [4.78, 5) is 2.27. The maximum atomic E-state index is 8.46. The molecule has 0 aromatic heterocycles. The Hall–Kier alpha value is -0.120. The minimum atomic E-state index is 0.228. The van der Waals surface area contributed by atoms with Crippen LogP contribution in [-0.2, 0) is 0 Å². The second kappa shape index (κ2) is 6.58. The molecule has 0 aromatic carbocycles. The van der Waals surface area contributed by atoms with E-state index in [1.165, 1.54) is 0 Å². The van der Waals surface area contributed by atoms with E-state index in [4.69, 9.17) is 5.11 Å². The van der Waals surface area contributed by atoms with Gasteiger partial charge in [-0.25, -0.2) is 0 Å². The summed E-state index contributed by atoms with van der Waals surface area (Å²) in [6.45, 7) is 7.27. The lowest BCUT2D eigenvalue weighted by Crippen LogP contribution is -2.34. The number of aliphatic hydroxyl groups excluding tert-OH is 1. The molecule has 2 N–H and O–H groups in total. The van der Waals surface area contributed by atoms with Gasteiger partial charge in [0, 0.05) is 25.7 Å². The highest BCUT2D eigenvalue weighted by Crippen LogP contribution is 1.90. The van der Waals surface area contributed by atoms with Crippen LogP contribution in [0.5, 0.6) is 0 Å². The van der Waals surface area contributed by atoms with E-state index in [2.05, 4.69) is 31.1 Å². The molecule has 0 unspecified atom stereocenters. The highest BCUT2D eigenvalue weighted by molar-refractivity contribution is 4.58. The van der Waals surface area contributed by atoms with E-state index in [0.29, 0.717) is 12.6 Å². The van der Waals surface area contributed by atoms with Gasteiger partial charge < -0.3 is 15.3 Å². The summed E-state index contributed by atoms with van der Waals surface area (Å²) in [5.74, 6) is 0. The van der Waals surface area contributed by atoms with Crippen molar-refractivity contribution in [3.63, 3.8) is 0 Å². The van der Waals surface area contributed by atoms with Crippen LogP contribution < -0.4 is 5.32 Å². The second-order valence-corrected chi connectivity index (χ2v) is 3.05. The summed E-state index contributed by atoms with van der Waals surface area (Å²) in [6, 6.07) is 0.603. The number of hydrogen-bond donors (Lipinski definition) is 2. The maximum absolute atomic E-state index is 8.46. The molecule has 0 aliphatic carbocycles. The van der Waals surface area contributed by atoms with E-state index in [-0.39, 0.29) is 6.61 Å². The zero-order valence-electron chi connectivity index (χ0n) is 7.80. The molecule has 0 amide bonds. The largest absolute Gasteiger partial charge is 0.395 e. The van der Waals surface area contributed by atoms with Crippen LogP contribution in [0.2, 0.25) is 0 Å². The summed E-state index contributed by atoms with van der Waals surface area (Å²) in [5.41, 5.74) is 0. The Morgan fingerprint density at radius 3 is 2.45 bits per heavy atom. The first-order chi connectivity index (χ1) is 5.18. The molecule has 0 aromatic rings. The van der Waals surface area contributed by atoms with Gasteiger partial charge in [-0.2, -0.15) is 0 Å². The fraction of sp³-hybridized carbons (Fsp3) is 1.00. The Kier molecular flexibility index (Phi) is 6.51. The number of nitrogens with one attached hydrogen (secondary N) is 1. The predicted octanol–water partition coefficient (Wildman–Crippen LogP) is -0.0915. The molecule has 0 saturated heterocycles.